The summed E-state index contributed by atoms with van der Waals surface area (Å²) < 4.78 is 0. The highest BCUT2D eigenvalue weighted by atomic mass is 15.2. The number of amidine groups is 1. The highest BCUT2D eigenvalue weighted by Crippen LogP contribution is 2.28. The van der Waals surface area contributed by atoms with Gasteiger partial charge in [-0.05, 0) is 25.7 Å². The van der Waals surface area contributed by atoms with Crippen LogP contribution in [0.3, 0.4) is 0 Å². The Kier molecular flexibility index (Phi) is 3.09. The second kappa shape index (κ2) is 4.33. The van der Waals surface area contributed by atoms with E-state index in [2.05, 4.69) is 18.9 Å². The van der Waals surface area contributed by atoms with Gasteiger partial charge in [0.1, 0.15) is 0 Å². The summed E-state index contributed by atoms with van der Waals surface area (Å²) in [5, 5.41) is 0. The lowest BCUT2D eigenvalue weighted by Gasteiger charge is -2.36. The minimum Gasteiger partial charge on any atom is -0.363 e. The third-order valence-corrected chi connectivity index (χ3v) is 3.78. The van der Waals surface area contributed by atoms with Crippen molar-refractivity contribution in [2.45, 2.75) is 51.5 Å². The maximum Gasteiger partial charge on any atom is 0.0958 e. The van der Waals surface area contributed by atoms with Crippen LogP contribution < -0.4 is 0 Å². The molecule has 0 aromatic rings. The van der Waals surface area contributed by atoms with Gasteiger partial charge in [0.05, 0.1) is 11.9 Å². The molecule has 1 heterocycles. The van der Waals surface area contributed by atoms with Crippen LogP contribution in [0.15, 0.2) is 4.99 Å². The summed E-state index contributed by atoms with van der Waals surface area (Å²) in [6, 6.07) is 0.645. The molecule has 2 aliphatic rings. The third-order valence-electron chi connectivity index (χ3n) is 3.78. The fourth-order valence-electron chi connectivity index (χ4n) is 2.75. The van der Waals surface area contributed by atoms with Crippen LogP contribution >= 0.6 is 0 Å². The van der Waals surface area contributed by atoms with Gasteiger partial charge in [-0.3, -0.25) is 4.99 Å². The van der Waals surface area contributed by atoms with Gasteiger partial charge in [0.2, 0.25) is 0 Å². The zero-order chi connectivity index (χ0) is 9.97. The van der Waals surface area contributed by atoms with Crippen molar-refractivity contribution in [3.63, 3.8) is 0 Å². The predicted octanol–water partition coefficient (Wildman–Crippen LogP) is 2.69. The van der Waals surface area contributed by atoms with Crippen LogP contribution in [0.1, 0.15) is 45.4 Å². The maximum atomic E-state index is 4.83. The van der Waals surface area contributed by atoms with Gasteiger partial charge < -0.3 is 4.90 Å². The van der Waals surface area contributed by atoms with Crippen molar-refractivity contribution in [1.82, 2.24) is 4.90 Å². The lowest BCUT2D eigenvalue weighted by molar-refractivity contribution is 0.256. The standard InChI is InChI=1S/C12H22N2/c1-10-13-12-8-6-4-3-5-7-11(12)9-14(10)2/h11-12H,3-9H2,1-2H3. The van der Waals surface area contributed by atoms with Gasteiger partial charge in [0.25, 0.3) is 0 Å². The smallest absolute Gasteiger partial charge is 0.0958 e. The number of hydrogen-bond acceptors (Lipinski definition) is 2. The van der Waals surface area contributed by atoms with E-state index in [4.69, 9.17) is 4.99 Å². The molecule has 1 aliphatic carbocycles. The first-order valence-corrected chi connectivity index (χ1v) is 6.03. The Labute approximate surface area is 87.4 Å². The van der Waals surface area contributed by atoms with Crippen molar-refractivity contribution in [3.05, 3.63) is 0 Å². The molecule has 2 atom stereocenters. The Balaban J connectivity index is 2.06. The number of hydrogen-bond donors (Lipinski definition) is 0. The quantitative estimate of drug-likeness (QED) is 0.579. The van der Waals surface area contributed by atoms with Gasteiger partial charge in [0.15, 0.2) is 0 Å². The number of rotatable bonds is 0. The molecule has 0 spiro atoms. The van der Waals surface area contributed by atoms with E-state index in [1.807, 2.05) is 0 Å². The number of nitrogens with zero attached hydrogens (tertiary/aromatic N) is 2. The number of fused-ring (bicyclic) bond motifs is 1. The first-order chi connectivity index (χ1) is 6.77. The normalized spacial score (nSPS) is 34.1. The first kappa shape index (κ1) is 10.0. The molecule has 14 heavy (non-hydrogen) atoms. The Morgan fingerprint density at radius 2 is 1.86 bits per heavy atom. The lowest BCUT2D eigenvalue weighted by Crippen LogP contribution is -2.41. The molecule has 2 rings (SSSR count). The molecule has 0 aromatic heterocycles. The molecule has 0 saturated heterocycles. The summed E-state index contributed by atoms with van der Waals surface area (Å²) in [5.41, 5.74) is 0. The topological polar surface area (TPSA) is 15.6 Å². The molecule has 2 nitrogen and oxygen atoms in total. The molecule has 2 heteroatoms. The minimum atomic E-state index is 0.645. The van der Waals surface area contributed by atoms with E-state index in [1.165, 1.54) is 50.9 Å². The van der Waals surface area contributed by atoms with Crippen molar-refractivity contribution < 1.29 is 0 Å². The van der Waals surface area contributed by atoms with E-state index in [0.29, 0.717) is 6.04 Å². The van der Waals surface area contributed by atoms with Crippen LogP contribution in [-0.4, -0.2) is 30.4 Å². The second-order valence-electron chi connectivity index (χ2n) is 4.88. The van der Waals surface area contributed by atoms with Crippen LogP contribution in [0.4, 0.5) is 0 Å². The van der Waals surface area contributed by atoms with Crippen molar-refractivity contribution in [2.75, 3.05) is 13.6 Å². The van der Waals surface area contributed by atoms with Gasteiger partial charge in [-0.15, -0.1) is 0 Å². The van der Waals surface area contributed by atoms with Crippen molar-refractivity contribution in [1.29, 1.82) is 0 Å². The van der Waals surface area contributed by atoms with Crippen LogP contribution in [0.5, 0.6) is 0 Å². The zero-order valence-corrected chi connectivity index (χ0v) is 9.50. The van der Waals surface area contributed by atoms with Crippen LogP contribution in [0, 0.1) is 5.92 Å². The summed E-state index contributed by atoms with van der Waals surface area (Å²) >= 11 is 0. The van der Waals surface area contributed by atoms with Crippen LogP contribution in [-0.2, 0) is 0 Å². The van der Waals surface area contributed by atoms with E-state index in [0.717, 1.165) is 5.92 Å². The molecule has 1 saturated carbocycles. The van der Waals surface area contributed by atoms with E-state index in [1.54, 1.807) is 0 Å². The molecule has 0 aromatic carbocycles. The molecule has 2 unspecified atom stereocenters. The average molecular weight is 194 g/mol. The first-order valence-electron chi connectivity index (χ1n) is 6.03. The largest absolute Gasteiger partial charge is 0.363 e. The average Bonchev–Trinajstić information content (AvgIpc) is 2.13. The molecular formula is C12H22N2. The van der Waals surface area contributed by atoms with Gasteiger partial charge in [-0.25, -0.2) is 0 Å². The Hall–Kier alpha value is -0.530. The molecule has 1 fully saturated rings. The Bertz CT molecular complexity index is 222. The summed E-state index contributed by atoms with van der Waals surface area (Å²) in [6.07, 6.45) is 8.40. The lowest BCUT2D eigenvalue weighted by atomic mass is 9.86. The number of aliphatic imine (C=N–C) groups is 1. The van der Waals surface area contributed by atoms with E-state index >= 15 is 0 Å². The van der Waals surface area contributed by atoms with E-state index in [9.17, 15) is 0 Å². The highest BCUT2D eigenvalue weighted by molar-refractivity contribution is 5.80. The highest BCUT2D eigenvalue weighted by Gasteiger charge is 2.27. The third kappa shape index (κ3) is 2.10. The fraction of sp³-hybridized carbons (Fsp3) is 0.917. The van der Waals surface area contributed by atoms with Crippen LogP contribution in [0.25, 0.3) is 0 Å². The molecule has 0 amide bonds. The van der Waals surface area contributed by atoms with Crippen LogP contribution in [0.2, 0.25) is 0 Å². The monoisotopic (exact) mass is 194 g/mol. The Morgan fingerprint density at radius 3 is 2.64 bits per heavy atom. The maximum absolute atomic E-state index is 4.83. The molecule has 0 bridgehead atoms. The molecule has 0 radical (unpaired) electrons. The summed E-state index contributed by atoms with van der Waals surface area (Å²) in [7, 11) is 2.17. The van der Waals surface area contributed by atoms with Gasteiger partial charge in [0, 0.05) is 13.6 Å². The Morgan fingerprint density at radius 1 is 1.14 bits per heavy atom. The van der Waals surface area contributed by atoms with Crippen molar-refractivity contribution in [3.8, 4) is 0 Å². The zero-order valence-electron chi connectivity index (χ0n) is 9.50. The summed E-state index contributed by atoms with van der Waals surface area (Å²) in [5.74, 6) is 2.08. The second-order valence-corrected chi connectivity index (χ2v) is 4.88. The van der Waals surface area contributed by atoms with Gasteiger partial charge >= 0.3 is 0 Å². The minimum absolute atomic E-state index is 0.645. The van der Waals surface area contributed by atoms with Crippen molar-refractivity contribution in [2.24, 2.45) is 10.9 Å². The van der Waals surface area contributed by atoms with Gasteiger partial charge in [-0.1, -0.05) is 25.7 Å². The SMILES string of the molecule is CC1=NC2CCCCCCC2CN1C. The van der Waals surface area contributed by atoms with E-state index < -0.39 is 0 Å². The fourth-order valence-corrected chi connectivity index (χ4v) is 2.75. The van der Waals surface area contributed by atoms with Gasteiger partial charge in [-0.2, -0.15) is 0 Å². The summed E-state index contributed by atoms with van der Waals surface area (Å²) in [4.78, 5) is 7.15. The van der Waals surface area contributed by atoms with Crippen molar-refractivity contribution >= 4 is 5.84 Å². The molecular weight excluding hydrogens is 172 g/mol. The van der Waals surface area contributed by atoms with E-state index in [-0.39, 0.29) is 0 Å². The molecule has 1 aliphatic heterocycles. The molecule has 80 valence electrons. The predicted molar refractivity (Wildman–Crippen MR) is 60.7 cm³/mol. The summed E-state index contributed by atoms with van der Waals surface area (Å²) in [6.45, 7) is 3.38. The molecule has 0 N–H and O–H groups in total.